The molecule has 2 N–H and O–H groups in total. The minimum Gasteiger partial charge on any atom is -0.349 e. The molecular weight excluding hydrogens is 242 g/mol. The molecular formula is C13H17N5O. The lowest BCUT2D eigenvalue weighted by Gasteiger charge is -2.32. The van der Waals surface area contributed by atoms with Crippen molar-refractivity contribution in [1.82, 2.24) is 25.3 Å². The molecule has 100 valence electrons. The van der Waals surface area contributed by atoms with Crippen molar-refractivity contribution in [2.24, 2.45) is 0 Å². The number of piperazine rings is 1. The standard InChI is InChI=1S/C13H17N5O/c1-17-5-7-18(8-6-17)16-13(19)12-9-11-10(15-12)3-2-4-14-11/h2-4,9,15H,5-8H2,1H3,(H,16,19). The summed E-state index contributed by atoms with van der Waals surface area (Å²) in [5.74, 6) is -0.109. The molecule has 3 rings (SSSR count). The second-order valence-corrected chi connectivity index (χ2v) is 4.85. The Morgan fingerprint density at radius 2 is 2.16 bits per heavy atom. The van der Waals surface area contributed by atoms with E-state index in [4.69, 9.17) is 0 Å². The van der Waals surface area contributed by atoms with Crippen LogP contribution in [0.1, 0.15) is 10.5 Å². The van der Waals surface area contributed by atoms with Gasteiger partial charge in [-0.3, -0.25) is 15.2 Å². The zero-order valence-corrected chi connectivity index (χ0v) is 10.9. The van der Waals surface area contributed by atoms with Gasteiger partial charge in [-0.15, -0.1) is 0 Å². The van der Waals surface area contributed by atoms with Crippen LogP contribution in [-0.2, 0) is 0 Å². The summed E-state index contributed by atoms with van der Waals surface area (Å²) >= 11 is 0. The number of hydrogen-bond donors (Lipinski definition) is 2. The quantitative estimate of drug-likeness (QED) is 0.822. The summed E-state index contributed by atoms with van der Waals surface area (Å²) < 4.78 is 0. The van der Waals surface area contributed by atoms with Gasteiger partial charge >= 0.3 is 0 Å². The fourth-order valence-electron chi connectivity index (χ4n) is 2.20. The molecule has 3 heterocycles. The first-order chi connectivity index (χ1) is 9.22. The third-order valence-electron chi connectivity index (χ3n) is 3.40. The summed E-state index contributed by atoms with van der Waals surface area (Å²) in [6.45, 7) is 3.63. The summed E-state index contributed by atoms with van der Waals surface area (Å²) in [5, 5.41) is 1.96. The molecule has 1 aliphatic heterocycles. The average molecular weight is 259 g/mol. The molecule has 6 heteroatoms. The van der Waals surface area contributed by atoms with Gasteiger partial charge in [0.1, 0.15) is 5.69 Å². The minimum absolute atomic E-state index is 0.109. The van der Waals surface area contributed by atoms with Gasteiger partial charge in [0.05, 0.1) is 11.0 Å². The molecule has 0 saturated carbocycles. The molecule has 0 atom stereocenters. The number of fused-ring (bicyclic) bond motifs is 1. The van der Waals surface area contributed by atoms with Crippen molar-refractivity contribution in [1.29, 1.82) is 0 Å². The normalized spacial score (nSPS) is 17.7. The Bertz CT molecular complexity index is 552. The lowest BCUT2D eigenvalue weighted by atomic mass is 10.3. The lowest BCUT2D eigenvalue weighted by molar-refractivity contribution is 0.0658. The maximum absolute atomic E-state index is 12.1. The molecule has 1 amide bonds. The number of likely N-dealkylation sites (N-methyl/N-ethyl adjacent to an activating group) is 1. The topological polar surface area (TPSA) is 64.3 Å². The molecule has 6 nitrogen and oxygen atoms in total. The lowest BCUT2D eigenvalue weighted by Crippen LogP contribution is -2.52. The first kappa shape index (κ1) is 12.1. The van der Waals surface area contributed by atoms with Crippen LogP contribution < -0.4 is 5.43 Å². The zero-order valence-electron chi connectivity index (χ0n) is 10.9. The van der Waals surface area contributed by atoms with Crippen molar-refractivity contribution in [3.8, 4) is 0 Å². The van der Waals surface area contributed by atoms with E-state index in [1.54, 1.807) is 12.3 Å². The number of carbonyl (C=O) groups is 1. The van der Waals surface area contributed by atoms with E-state index >= 15 is 0 Å². The summed E-state index contributed by atoms with van der Waals surface area (Å²) in [4.78, 5) is 21.7. The number of hydrogen-bond acceptors (Lipinski definition) is 4. The van der Waals surface area contributed by atoms with E-state index in [-0.39, 0.29) is 5.91 Å². The molecule has 2 aromatic rings. The molecule has 2 aromatic heterocycles. The first-order valence-electron chi connectivity index (χ1n) is 6.40. The number of carbonyl (C=O) groups excluding carboxylic acids is 1. The number of aromatic amines is 1. The summed E-state index contributed by atoms with van der Waals surface area (Å²) in [6, 6.07) is 5.54. The SMILES string of the molecule is CN1CCN(NC(=O)c2cc3ncccc3[nH]2)CC1. The predicted molar refractivity (Wildman–Crippen MR) is 72.6 cm³/mol. The Morgan fingerprint density at radius 1 is 1.37 bits per heavy atom. The summed E-state index contributed by atoms with van der Waals surface area (Å²) in [5.41, 5.74) is 5.17. The second-order valence-electron chi connectivity index (χ2n) is 4.85. The molecule has 0 bridgehead atoms. The number of H-pyrrole nitrogens is 1. The van der Waals surface area contributed by atoms with Crippen LogP contribution in [0.4, 0.5) is 0 Å². The molecule has 1 aliphatic rings. The predicted octanol–water partition coefficient (Wildman–Crippen LogP) is 0.455. The smallest absolute Gasteiger partial charge is 0.282 e. The van der Waals surface area contributed by atoms with E-state index in [1.807, 2.05) is 17.1 Å². The fourth-order valence-corrected chi connectivity index (χ4v) is 2.20. The highest BCUT2D eigenvalue weighted by atomic mass is 16.2. The van der Waals surface area contributed by atoms with Crippen molar-refractivity contribution in [3.05, 3.63) is 30.1 Å². The molecule has 0 radical (unpaired) electrons. The Kier molecular flexibility index (Phi) is 3.18. The van der Waals surface area contributed by atoms with Gasteiger partial charge < -0.3 is 9.88 Å². The highest BCUT2D eigenvalue weighted by Crippen LogP contribution is 2.11. The van der Waals surface area contributed by atoms with E-state index in [0.29, 0.717) is 5.69 Å². The number of nitrogens with one attached hydrogen (secondary N) is 2. The number of nitrogens with zero attached hydrogens (tertiary/aromatic N) is 3. The van der Waals surface area contributed by atoms with Crippen molar-refractivity contribution in [2.75, 3.05) is 33.2 Å². The van der Waals surface area contributed by atoms with Crippen molar-refractivity contribution in [3.63, 3.8) is 0 Å². The number of aromatic nitrogens is 2. The largest absolute Gasteiger partial charge is 0.349 e. The van der Waals surface area contributed by atoms with Gasteiger partial charge in [-0.1, -0.05) is 0 Å². The van der Waals surface area contributed by atoms with Crippen LogP contribution in [-0.4, -0.2) is 59.0 Å². The van der Waals surface area contributed by atoms with E-state index < -0.39 is 0 Å². The first-order valence-corrected chi connectivity index (χ1v) is 6.40. The molecule has 1 fully saturated rings. The Labute approximate surface area is 111 Å². The van der Waals surface area contributed by atoms with Gasteiger partial charge in [0.2, 0.25) is 0 Å². The van der Waals surface area contributed by atoms with Crippen LogP contribution in [0.3, 0.4) is 0 Å². The third kappa shape index (κ3) is 2.59. The number of pyridine rings is 1. The molecule has 0 spiro atoms. The van der Waals surface area contributed by atoms with E-state index in [2.05, 4.69) is 27.3 Å². The van der Waals surface area contributed by atoms with E-state index in [0.717, 1.165) is 37.2 Å². The number of amides is 1. The van der Waals surface area contributed by atoms with Gasteiger partial charge in [-0.2, -0.15) is 0 Å². The maximum atomic E-state index is 12.1. The Hall–Kier alpha value is -1.92. The maximum Gasteiger partial charge on any atom is 0.282 e. The van der Waals surface area contributed by atoms with Gasteiger partial charge in [-0.25, -0.2) is 5.01 Å². The van der Waals surface area contributed by atoms with Crippen LogP contribution in [0.2, 0.25) is 0 Å². The van der Waals surface area contributed by atoms with Gasteiger partial charge in [-0.05, 0) is 25.2 Å². The van der Waals surface area contributed by atoms with Crippen molar-refractivity contribution in [2.45, 2.75) is 0 Å². The van der Waals surface area contributed by atoms with Crippen LogP contribution in [0.25, 0.3) is 11.0 Å². The monoisotopic (exact) mass is 259 g/mol. The number of rotatable bonds is 2. The molecule has 0 aliphatic carbocycles. The number of hydrazine groups is 1. The molecule has 0 aromatic carbocycles. The summed E-state index contributed by atoms with van der Waals surface area (Å²) in [6.07, 6.45) is 1.72. The van der Waals surface area contributed by atoms with Crippen molar-refractivity contribution >= 4 is 16.9 Å². The van der Waals surface area contributed by atoms with Gasteiger partial charge in [0, 0.05) is 32.4 Å². The second kappa shape index (κ2) is 4.99. The van der Waals surface area contributed by atoms with Gasteiger partial charge in [0.25, 0.3) is 5.91 Å². The van der Waals surface area contributed by atoms with E-state index in [9.17, 15) is 4.79 Å². The zero-order chi connectivity index (χ0) is 13.2. The van der Waals surface area contributed by atoms with Crippen LogP contribution in [0.15, 0.2) is 24.4 Å². The Balaban J connectivity index is 1.70. The van der Waals surface area contributed by atoms with Crippen LogP contribution >= 0.6 is 0 Å². The van der Waals surface area contributed by atoms with Crippen molar-refractivity contribution < 1.29 is 4.79 Å². The van der Waals surface area contributed by atoms with Gasteiger partial charge in [0.15, 0.2) is 0 Å². The summed E-state index contributed by atoms with van der Waals surface area (Å²) in [7, 11) is 2.09. The van der Waals surface area contributed by atoms with E-state index in [1.165, 1.54) is 0 Å². The molecule has 19 heavy (non-hydrogen) atoms. The third-order valence-corrected chi connectivity index (χ3v) is 3.40. The fraction of sp³-hybridized carbons (Fsp3) is 0.385. The van der Waals surface area contributed by atoms with Crippen LogP contribution in [0, 0.1) is 0 Å². The highest BCUT2D eigenvalue weighted by Gasteiger charge is 2.17. The molecule has 1 saturated heterocycles. The minimum atomic E-state index is -0.109. The van der Waals surface area contributed by atoms with Crippen LogP contribution in [0.5, 0.6) is 0 Å². The Morgan fingerprint density at radius 3 is 2.89 bits per heavy atom. The molecule has 0 unspecified atom stereocenters. The average Bonchev–Trinajstić information content (AvgIpc) is 2.85. The highest BCUT2D eigenvalue weighted by molar-refractivity contribution is 5.96.